The van der Waals surface area contributed by atoms with Crippen molar-refractivity contribution in [1.29, 1.82) is 0 Å². The lowest BCUT2D eigenvalue weighted by Gasteiger charge is -2.29. The summed E-state index contributed by atoms with van der Waals surface area (Å²) in [5.41, 5.74) is 3.34. The van der Waals surface area contributed by atoms with Crippen LogP contribution in [-0.2, 0) is 6.42 Å². The minimum Gasteiger partial charge on any atom is -0.490 e. The molecule has 1 aromatic heterocycles. The van der Waals surface area contributed by atoms with Gasteiger partial charge in [-0.3, -0.25) is 0 Å². The van der Waals surface area contributed by atoms with Crippen molar-refractivity contribution in [3.05, 3.63) is 36.0 Å². The van der Waals surface area contributed by atoms with Crippen LogP contribution in [0.4, 0.5) is 0 Å². The van der Waals surface area contributed by atoms with Crippen LogP contribution in [0.1, 0.15) is 70.4 Å². The second-order valence-corrected chi connectivity index (χ2v) is 9.63. The summed E-state index contributed by atoms with van der Waals surface area (Å²) < 4.78 is 12.3. The van der Waals surface area contributed by atoms with E-state index in [9.17, 15) is 0 Å². The van der Waals surface area contributed by atoms with Gasteiger partial charge in [-0.15, -0.1) is 5.10 Å². The molecule has 1 aromatic carbocycles. The third-order valence-electron chi connectivity index (χ3n) is 6.82. The summed E-state index contributed by atoms with van der Waals surface area (Å²) in [5, 5.41) is 8.98. The molecule has 0 radical (unpaired) electrons. The summed E-state index contributed by atoms with van der Waals surface area (Å²) in [6, 6.07) is 10.6. The highest BCUT2D eigenvalue weighted by molar-refractivity contribution is 5.67. The molecule has 1 aliphatic heterocycles. The van der Waals surface area contributed by atoms with E-state index in [0.29, 0.717) is 24.5 Å². The molecular weight excluding hydrogens is 398 g/mol. The van der Waals surface area contributed by atoms with Gasteiger partial charge in [0.15, 0.2) is 0 Å². The Bertz CT molecular complexity index is 833. The predicted molar refractivity (Wildman–Crippen MR) is 129 cm³/mol. The summed E-state index contributed by atoms with van der Waals surface area (Å²) in [6.45, 7) is 5.20. The van der Waals surface area contributed by atoms with Gasteiger partial charge in [0, 0.05) is 24.1 Å². The lowest BCUT2D eigenvalue weighted by Crippen LogP contribution is -2.34. The van der Waals surface area contributed by atoms with Crippen LogP contribution in [0.15, 0.2) is 30.3 Å². The zero-order chi connectivity index (χ0) is 22.2. The predicted octanol–water partition coefficient (Wildman–Crippen LogP) is 5.92. The molecule has 1 unspecified atom stereocenters. The maximum atomic E-state index is 6.22. The summed E-state index contributed by atoms with van der Waals surface area (Å²) in [7, 11) is 2.19. The Kier molecular flexibility index (Phi) is 8.38. The van der Waals surface area contributed by atoms with Crippen LogP contribution in [0.25, 0.3) is 11.1 Å². The molecule has 1 saturated heterocycles. The van der Waals surface area contributed by atoms with Crippen molar-refractivity contribution >= 4 is 0 Å². The van der Waals surface area contributed by atoms with Gasteiger partial charge in [-0.1, -0.05) is 31.9 Å². The van der Waals surface area contributed by atoms with E-state index in [-0.39, 0.29) is 0 Å². The van der Waals surface area contributed by atoms with E-state index >= 15 is 0 Å². The molecule has 2 aromatic rings. The van der Waals surface area contributed by atoms with Gasteiger partial charge < -0.3 is 14.4 Å². The number of unbranched alkanes of at least 4 members (excludes halogenated alkanes) is 1. The standard InChI is InChI=1S/C27H39N3O2/c1-3-4-12-26-25(18-27(29-28-26)31-20-21-9-8-17-30(2)19-21)22-13-15-24(16-14-22)32-23-10-6-5-7-11-23/h13-16,18,21,23H,3-12,17,19-20H2,1-2H3. The summed E-state index contributed by atoms with van der Waals surface area (Å²) in [4.78, 5) is 2.39. The minimum atomic E-state index is 0.371. The summed E-state index contributed by atoms with van der Waals surface area (Å²) in [6.07, 6.45) is 12.3. The van der Waals surface area contributed by atoms with E-state index in [4.69, 9.17) is 9.47 Å². The first-order valence-corrected chi connectivity index (χ1v) is 12.7. The smallest absolute Gasteiger partial charge is 0.234 e. The summed E-state index contributed by atoms with van der Waals surface area (Å²) in [5.74, 6) is 2.17. The van der Waals surface area contributed by atoms with Crippen LogP contribution in [0.2, 0.25) is 0 Å². The fourth-order valence-electron chi connectivity index (χ4n) is 4.95. The fourth-order valence-corrected chi connectivity index (χ4v) is 4.95. The minimum absolute atomic E-state index is 0.371. The van der Waals surface area contributed by atoms with E-state index in [1.165, 1.54) is 51.5 Å². The normalized spacial score (nSPS) is 20.2. The van der Waals surface area contributed by atoms with Gasteiger partial charge >= 0.3 is 0 Å². The molecule has 2 heterocycles. The van der Waals surface area contributed by atoms with Gasteiger partial charge in [0.2, 0.25) is 5.88 Å². The Hall–Kier alpha value is -2.14. The topological polar surface area (TPSA) is 47.5 Å². The van der Waals surface area contributed by atoms with E-state index in [1.54, 1.807) is 0 Å². The number of hydrogen-bond acceptors (Lipinski definition) is 5. The van der Waals surface area contributed by atoms with Gasteiger partial charge in [-0.25, -0.2) is 0 Å². The molecule has 2 fully saturated rings. The molecule has 0 spiro atoms. The van der Waals surface area contributed by atoms with E-state index in [2.05, 4.69) is 59.4 Å². The molecule has 2 aliphatic rings. The summed E-state index contributed by atoms with van der Waals surface area (Å²) >= 11 is 0. The molecular formula is C27H39N3O2. The number of rotatable bonds is 9. The van der Waals surface area contributed by atoms with Crippen LogP contribution in [-0.4, -0.2) is 47.9 Å². The monoisotopic (exact) mass is 437 g/mol. The van der Waals surface area contributed by atoms with Crippen molar-refractivity contribution in [3.63, 3.8) is 0 Å². The molecule has 1 atom stereocenters. The van der Waals surface area contributed by atoms with Crippen LogP contribution < -0.4 is 9.47 Å². The number of nitrogens with zero attached hydrogens (tertiary/aromatic N) is 3. The zero-order valence-corrected chi connectivity index (χ0v) is 19.9. The van der Waals surface area contributed by atoms with Gasteiger partial charge in [0.1, 0.15) is 5.75 Å². The highest BCUT2D eigenvalue weighted by Crippen LogP contribution is 2.30. The van der Waals surface area contributed by atoms with Crippen molar-refractivity contribution < 1.29 is 9.47 Å². The van der Waals surface area contributed by atoms with E-state index in [0.717, 1.165) is 48.4 Å². The van der Waals surface area contributed by atoms with Gasteiger partial charge in [0.05, 0.1) is 18.4 Å². The molecule has 4 rings (SSSR count). The molecule has 32 heavy (non-hydrogen) atoms. The van der Waals surface area contributed by atoms with Crippen molar-refractivity contribution in [2.75, 3.05) is 26.7 Å². The molecule has 0 N–H and O–H groups in total. The van der Waals surface area contributed by atoms with Gasteiger partial charge in [0.25, 0.3) is 0 Å². The molecule has 0 amide bonds. The second kappa shape index (κ2) is 11.6. The lowest BCUT2D eigenvalue weighted by atomic mass is 9.97. The molecule has 1 aliphatic carbocycles. The third-order valence-corrected chi connectivity index (χ3v) is 6.82. The Morgan fingerprint density at radius 1 is 1.00 bits per heavy atom. The Labute approximate surface area is 193 Å². The first-order chi connectivity index (χ1) is 15.7. The van der Waals surface area contributed by atoms with Crippen LogP contribution in [0.5, 0.6) is 11.6 Å². The average molecular weight is 438 g/mol. The first kappa shape index (κ1) is 23.0. The van der Waals surface area contributed by atoms with Crippen LogP contribution >= 0.6 is 0 Å². The maximum absolute atomic E-state index is 6.22. The first-order valence-electron chi connectivity index (χ1n) is 12.7. The second-order valence-electron chi connectivity index (χ2n) is 9.63. The van der Waals surface area contributed by atoms with Gasteiger partial charge in [-0.2, -0.15) is 5.10 Å². The van der Waals surface area contributed by atoms with Crippen molar-refractivity contribution in [3.8, 4) is 22.8 Å². The molecule has 1 saturated carbocycles. The number of benzene rings is 1. The fraction of sp³-hybridized carbons (Fsp3) is 0.630. The van der Waals surface area contributed by atoms with Crippen LogP contribution in [0, 0.1) is 5.92 Å². The number of piperidine rings is 1. The molecule has 5 nitrogen and oxygen atoms in total. The van der Waals surface area contributed by atoms with E-state index in [1.807, 2.05) is 0 Å². The van der Waals surface area contributed by atoms with Crippen LogP contribution in [0.3, 0.4) is 0 Å². The number of ether oxygens (including phenoxy) is 2. The number of aryl methyl sites for hydroxylation is 1. The maximum Gasteiger partial charge on any atom is 0.234 e. The Morgan fingerprint density at radius 3 is 2.56 bits per heavy atom. The van der Waals surface area contributed by atoms with Crippen molar-refractivity contribution in [1.82, 2.24) is 15.1 Å². The van der Waals surface area contributed by atoms with Crippen molar-refractivity contribution in [2.24, 2.45) is 5.92 Å². The number of likely N-dealkylation sites (tertiary alicyclic amines) is 1. The largest absolute Gasteiger partial charge is 0.490 e. The highest BCUT2D eigenvalue weighted by atomic mass is 16.5. The molecule has 5 heteroatoms. The Balaban J connectivity index is 1.46. The number of aromatic nitrogens is 2. The average Bonchev–Trinajstić information content (AvgIpc) is 2.83. The van der Waals surface area contributed by atoms with E-state index < -0.39 is 0 Å². The SMILES string of the molecule is CCCCc1nnc(OCC2CCCN(C)C2)cc1-c1ccc(OC2CCCCC2)cc1. The Morgan fingerprint density at radius 2 is 1.81 bits per heavy atom. The highest BCUT2D eigenvalue weighted by Gasteiger charge is 2.19. The lowest BCUT2D eigenvalue weighted by molar-refractivity contribution is 0.147. The molecule has 174 valence electrons. The zero-order valence-electron chi connectivity index (χ0n) is 19.9. The van der Waals surface area contributed by atoms with Gasteiger partial charge in [-0.05, 0) is 82.7 Å². The molecule has 0 bridgehead atoms. The number of hydrogen-bond donors (Lipinski definition) is 0. The van der Waals surface area contributed by atoms with Crippen molar-refractivity contribution in [2.45, 2.75) is 77.2 Å². The quantitative estimate of drug-likeness (QED) is 0.487. The third kappa shape index (κ3) is 6.44.